The lowest BCUT2D eigenvalue weighted by atomic mass is 9.98. The number of anilines is 1. The van der Waals surface area contributed by atoms with Crippen LogP contribution >= 0.6 is 11.3 Å². The number of carbonyl (C=O) groups is 1. The molecule has 3 rings (SSSR count). The molecule has 1 heterocycles. The maximum absolute atomic E-state index is 12.2. The van der Waals surface area contributed by atoms with Crippen LogP contribution in [0.1, 0.15) is 35.4 Å². The second kappa shape index (κ2) is 8.53. The van der Waals surface area contributed by atoms with E-state index in [1.54, 1.807) is 0 Å². The third-order valence-electron chi connectivity index (χ3n) is 4.04. The molecule has 0 radical (unpaired) electrons. The summed E-state index contributed by atoms with van der Waals surface area (Å²) >= 11 is 1.45. The minimum Gasteiger partial charge on any atom is -0.301 e. The Hall–Kier alpha value is -2.53. The standard InChI is InChI=1S/C20H21N3OS/c1-15(17-10-6-3-7-11-17)14-18(24)21-20-23-22-19(25-20)13-12-16-8-4-2-5-9-16/h2-11,15H,12-14H2,1H3,(H,21,23,24)/t15-/m0/s1. The first-order valence-electron chi connectivity index (χ1n) is 8.42. The Morgan fingerprint density at radius 2 is 1.68 bits per heavy atom. The van der Waals surface area contributed by atoms with Gasteiger partial charge in [-0.05, 0) is 23.5 Å². The van der Waals surface area contributed by atoms with Gasteiger partial charge in [-0.3, -0.25) is 4.79 Å². The van der Waals surface area contributed by atoms with E-state index in [-0.39, 0.29) is 11.8 Å². The molecule has 1 amide bonds. The first-order chi connectivity index (χ1) is 12.2. The molecule has 0 saturated carbocycles. The number of aryl methyl sites for hydroxylation is 2. The van der Waals surface area contributed by atoms with Crippen molar-refractivity contribution in [1.82, 2.24) is 10.2 Å². The van der Waals surface area contributed by atoms with E-state index in [1.807, 2.05) is 48.5 Å². The Bertz CT molecular complexity index is 802. The largest absolute Gasteiger partial charge is 0.301 e. The van der Waals surface area contributed by atoms with E-state index < -0.39 is 0 Å². The summed E-state index contributed by atoms with van der Waals surface area (Å²) in [6, 6.07) is 20.4. The van der Waals surface area contributed by atoms with Crippen LogP contribution < -0.4 is 5.32 Å². The fraction of sp³-hybridized carbons (Fsp3) is 0.250. The molecule has 0 saturated heterocycles. The summed E-state index contributed by atoms with van der Waals surface area (Å²) in [5, 5.41) is 12.6. The Morgan fingerprint density at radius 3 is 2.40 bits per heavy atom. The molecule has 0 aliphatic rings. The van der Waals surface area contributed by atoms with Gasteiger partial charge < -0.3 is 5.32 Å². The molecular formula is C20H21N3OS. The Morgan fingerprint density at radius 1 is 1.00 bits per heavy atom. The summed E-state index contributed by atoms with van der Waals surface area (Å²) in [4.78, 5) is 12.2. The molecule has 3 aromatic rings. The van der Waals surface area contributed by atoms with Gasteiger partial charge in [0.2, 0.25) is 11.0 Å². The SMILES string of the molecule is C[C@@H](CC(=O)Nc1nnc(CCc2ccccc2)s1)c1ccccc1. The van der Waals surface area contributed by atoms with Crippen molar-refractivity contribution in [3.63, 3.8) is 0 Å². The van der Waals surface area contributed by atoms with E-state index in [9.17, 15) is 4.79 Å². The van der Waals surface area contributed by atoms with Gasteiger partial charge in [0, 0.05) is 12.8 Å². The van der Waals surface area contributed by atoms with Gasteiger partial charge in [-0.25, -0.2) is 0 Å². The quantitative estimate of drug-likeness (QED) is 0.684. The van der Waals surface area contributed by atoms with Crippen molar-refractivity contribution < 1.29 is 4.79 Å². The summed E-state index contributed by atoms with van der Waals surface area (Å²) in [6.07, 6.45) is 2.19. The zero-order chi connectivity index (χ0) is 17.5. The molecule has 0 aliphatic heterocycles. The zero-order valence-electron chi connectivity index (χ0n) is 14.2. The lowest BCUT2D eigenvalue weighted by Crippen LogP contribution is -2.14. The van der Waals surface area contributed by atoms with E-state index in [1.165, 1.54) is 22.5 Å². The van der Waals surface area contributed by atoms with Gasteiger partial charge in [-0.15, -0.1) is 10.2 Å². The Balaban J connectivity index is 1.50. The van der Waals surface area contributed by atoms with Gasteiger partial charge in [-0.2, -0.15) is 0 Å². The molecule has 1 aromatic heterocycles. The predicted molar refractivity (Wildman–Crippen MR) is 102 cm³/mol. The predicted octanol–water partition coefficient (Wildman–Crippen LogP) is 4.46. The molecular weight excluding hydrogens is 330 g/mol. The normalized spacial score (nSPS) is 11.9. The number of aromatic nitrogens is 2. The van der Waals surface area contributed by atoms with Crippen molar-refractivity contribution >= 4 is 22.4 Å². The number of rotatable bonds is 7. The topological polar surface area (TPSA) is 54.9 Å². The van der Waals surface area contributed by atoms with Crippen LogP contribution in [0.5, 0.6) is 0 Å². The van der Waals surface area contributed by atoms with Crippen LogP contribution in [-0.2, 0) is 17.6 Å². The summed E-state index contributed by atoms with van der Waals surface area (Å²) in [5.74, 6) is 0.147. The average molecular weight is 351 g/mol. The molecule has 0 bridgehead atoms. The number of hydrogen-bond acceptors (Lipinski definition) is 4. The maximum atomic E-state index is 12.2. The van der Waals surface area contributed by atoms with Gasteiger partial charge in [0.1, 0.15) is 5.01 Å². The van der Waals surface area contributed by atoms with Gasteiger partial charge in [0.15, 0.2) is 0 Å². The van der Waals surface area contributed by atoms with Crippen molar-refractivity contribution in [1.29, 1.82) is 0 Å². The molecule has 1 N–H and O–H groups in total. The van der Waals surface area contributed by atoms with E-state index in [2.05, 4.69) is 34.6 Å². The first-order valence-corrected chi connectivity index (χ1v) is 9.23. The molecule has 128 valence electrons. The number of nitrogens with zero attached hydrogens (tertiary/aromatic N) is 2. The van der Waals surface area contributed by atoms with Gasteiger partial charge >= 0.3 is 0 Å². The van der Waals surface area contributed by atoms with Crippen LogP contribution in [0.4, 0.5) is 5.13 Å². The smallest absolute Gasteiger partial charge is 0.226 e. The van der Waals surface area contributed by atoms with E-state index in [0.29, 0.717) is 11.6 Å². The number of hydrogen-bond donors (Lipinski definition) is 1. The summed E-state index contributed by atoms with van der Waals surface area (Å²) in [6.45, 7) is 2.06. The van der Waals surface area contributed by atoms with Crippen molar-refractivity contribution in [3.05, 3.63) is 76.8 Å². The number of benzene rings is 2. The van der Waals surface area contributed by atoms with Crippen LogP contribution in [-0.4, -0.2) is 16.1 Å². The van der Waals surface area contributed by atoms with Crippen LogP contribution in [0, 0.1) is 0 Å². The maximum Gasteiger partial charge on any atom is 0.226 e. The third kappa shape index (κ3) is 5.22. The molecule has 5 heteroatoms. The zero-order valence-corrected chi connectivity index (χ0v) is 15.0. The fourth-order valence-electron chi connectivity index (χ4n) is 2.65. The fourth-order valence-corrected chi connectivity index (χ4v) is 3.40. The van der Waals surface area contributed by atoms with E-state index >= 15 is 0 Å². The summed E-state index contributed by atoms with van der Waals surface area (Å²) in [5.41, 5.74) is 2.44. The van der Waals surface area contributed by atoms with Crippen molar-refractivity contribution in [2.75, 3.05) is 5.32 Å². The molecule has 2 aromatic carbocycles. The van der Waals surface area contributed by atoms with Crippen molar-refractivity contribution in [2.45, 2.75) is 32.1 Å². The second-order valence-corrected chi connectivity index (χ2v) is 7.11. The van der Waals surface area contributed by atoms with Crippen LogP contribution in [0.15, 0.2) is 60.7 Å². The van der Waals surface area contributed by atoms with Crippen LogP contribution in [0.2, 0.25) is 0 Å². The first kappa shape index (κ1) is 17.3. The molecule has 25 heavy (non-hydrogen) atoms. The Kier molecular flexibility index (Phi) is 5.90. The minimum atomic E-state index is -0.0258. The monoisotopic (exact) mass is 351 g/mol. The lowest BCUT2D eigenvalue weighted by molar-refractivity contribution is -0.116. The number of nitrogens with one attached hydrogen (secondary N) is 1. The number of amides is 1. The lowest BCUT2D eigenvalue weighted by Gasteiger charge is -2.10. The molecule has 4 nitrogen and oxygen atoms in total. The average Bonchev–Trinajstić information content (AvgIpc) is 3.08. The van der Waals surface area contributed by atoms with E-state index in [0.717, 1.165) is 17.8 Å². The van der Waals surface area contributed by atoms with Gasteiger partial charge in [-0.1, -0.05) is 78.9 Å². The van der Waals surface area contributed by atoms with Crippen molar-refractivity contribution in [2.24, 2.45) is 0 Å². The summed E-state index contributed by atoms with van der Waals surface area (Å²) < 4.78 is 0. The number of carbonyl (C=O) groups excluding carboxylic acids is 1. The highest BCUT2D eigenvalue weighted by Crippen LogP contribution is 2.21. The molecule has 1 atom stereocenters. The highest BCUT2D eigenvalue weighted by atomic mass is 32.1. The van der Waals surface area contributed by atoms with Crippen LogP contribution in [0.25, 0.3) is 0 Å². The molecule has 0 fully saturated rings. The molecule has 0 unspecified atom stereocenters. The van der Waals surface area contributed by atoms with Crippen molar-refractivity contribution in [3.8, 4) is 0 Å². The minimum absolute atomic E-state index is 0.0258. The van der Waals surface area contributed by atoms with Gasteiger partial charge in [0.25, 0.3) is 0 Å². The van der Waals surface area contributed by atoms with Gasteiger partial charge in [0.05, 0.1) is 0 Å². The highest BCUT2D eigenvalue weighted by molar-refractivity contribution is 7.15. The third-order valence-corrected chi connectivity index (χ3v) is 4.94. The van der Waals surface area contributed by atoms with Crippen LogP contribution in [0.3, 0.4) is 0 Å². The molecule has 0 spiro atoms. The van der Waals surface area contributed by atoms with E-state index in [4.69, 9.17) is 0 Å². The summed E-state index contributed by atoms with van der Waals surface area (Å²) in [7, 11) is 0. The Labute approximate surface area is 151 Å². The highest BCUT2D eigenvalue weighted by Gasteiger charge is 2.13. The molecule has 0 aliphatic carbocycles. The second-order valence-electron chi connectivity index (χ2n) is 6.05.